The van der Waals surface area contributed by atoms with Gasteiger partial charge in [0.25, 0.3) is 0 Å². The van der Waals surface area contributed by atoms with Crippen molar-refractivity contribution in [3.8, 4) is 0 Å². The molecule has 0 aromatic carbocycles. The molecule has 82 valence electrons. The van der Waals surface area contributed by atoms with E-state index >= 15 is 0 Å². The monoisotopic (exact) mass is 198 g/mol. The van der Waals surface area contributed by atoms with E-state index in [0.29, 0.717) is 12.1 Å². The van der Waals surface area contributed by atoms with Gasteiger partial charge in [0.1, 0.15) is 0 Å². The van der Waals surface area contributed by atoms with Gasteiger partial charge in [0, 0.05) is 25.6 Å². The smallest absolute Gasteiger partial charge is 0.219 e. The molecule has 1 heterocycles. The zero-order valence-corrected chi connectivity index (χ0v) is 9.55. The normalized spacial score (nSPS) is 22.4. The molecule has 1 amide bonds. The summed E-state index contributed by atoms with van der Waals surface area (Å²) in [5.74, 6) is 0.187. The average Bonchev–Trinajstić information content (AvgIpc) is 2.15. The molecule has 0 aromatic rings. The fourth-order valence-electron chi connectivity index (χ4n) is 2.02. The summed E-state index contributed by atoms with van der Waals surface area (Å²) in [7, 11) is 0. The van der Waals surface area contributed by atoms with E-state index in [4.69, 9.17) is 0 Å². The number of carbonyl (C=O) groups excluding carboxylic acids is 1. The zero-order valence-electron chi connectivity index (χ0n) is 9.55. The van der Waals surface area contributed by atoms with Gasteiger partial charge in [0.05, 0.1) is 0 Å². The van der Waals surface area contributed by atoms with E-state index in [-0.39, 0.29) is 5.91 Å². The molecule has 0 saturated carbocycles. The van der Waals surface area contributed by atoms with Crippen LogP contribution in [-0.2, 0) is 4.79 Å². The Morgan fingerprint density at radius 2 is 2.21 bits per heavy atom. The minimum absolute atomic E-state index is 0.187. The van der Waals surface area contributed by atoms with Gasteiger partial charge in [-0.05, 0) is 33.2 Å². The lowest BCUT2D eigenvalue weighted by atomic mass is 10.0. The molecule has 0 aliphatic carbocycles. The van der Waals surface area contributed by atoms with E-state index in [0.717, 1.165) is 13.1 Å². The topological polar surface area (TPSA) is 32.3 Å². The maximum absolute atomic E-state index is 11.4. The Labute approximate surface area is 86.9 Å². The summed E-state index contributed by atoms with van der Waals surface area (Å²) in [6.45, 7) is 7.78. The minimum Gasteiger partial charge on any atom is -0.339 e. The number of hydrogen-bond acceptors (Lipinski definition) is 2. The molecule has 1 rings (SSSR count). The third-order valence-electron chi connectivity index (χ3n) is 2.86. The van der Waals surface area contributed by atoms with E-state index < -0.39 is 0 Å². The van der Waals surface area contributed by atoms with Crippen LogP contribution in [0, 0.1) is 0 Å². The molecular formula is C11H22N2O. The van der Waals surface area contributed by atoms with E-state index in [1.165, 1.54) is 19.3 Å². The van der Waals surface area contributed by atoms with Crippen molar-refractivity contribution in [2.45, 2.75) is 52.1 Å². The Kier molecular flexibility index (Phi) is 4.39. The quantitative estimate of drug-likeness (QED) is 0.743. The van der Waals surface area contributed by atoms with Crippen molar-refractivity contribution in [1.82, 2.24) is 10.2 Å². The van der Waals surface area contributed by atoms with Crippen LogP contribution in [0.3, 0.4) is 0 Å². The highest BCUT2D eigenvalue weighted by atomic mass is 16.2. The minimum atomic E-state index is 0.187. The van der Waals surface area contributed by atoms with Crippen LogP contribution in [0.5, 0.6) is 0 Å². The highest BCUT2D eigenvalue weighted by Crippen LogP contribution is 2.10. The van der Waals surface area contributed by atoms with E-state index in [2.05, 4.69) is 19.2 Å². The van der Waals surface area contributed by atoms with Crippen LogP contribution in [0.1, 0.15) is 40.0 Å². The van der Waals surface area contributed by atoms with Gasteiger partial charge in [0.15, 0.2) is 0 Å². The van der Waals surface area contributed by atoms with Gasteiger partial charge in [-0.2, -0.15) is 0 Å². The summed E-state index contributed by atoms with van der Waals surface area (Å²) in [6.07, 6.45) is 3.77. The fourth-order valence-corrected chi connectivity index (χ4v) is 2.02. The molecule has 1 saturated heterocycles. The molecule has 1 fully saturated rings. The van der Waals surface area contributed by atoms with Crippen molar-refractivity contribution in [2.75, 3.05) is 13.1 Å². The number of nitrogens with zero attached hydrogens (tertiary/aromatic N) is 1. The predicted octanol–water partition coefficient (Wildman–Crippen LogP) is 1.39. The van der Waals surface area contributed by atoms with Crippen LogP contribution >= 0.6 is 0 Å². The Morgan fingerprint density at radius 3 is 2.64 bits per heavy atom. The maximum atomic E-state index is 11.4. The summed E-state index contributed by atoms with van der Waals surface area (Å²) >= 11 is 0. The molecule has 1 N–H and O–H groups in total. The second kappa shape index (κ2) is 5.35. The van der Waals surface area contributed by atoms with Gasteiger partial charge in [-0.15, -0.1) is 0 Å². The Bertz CT molecular complexity index is 186. The summed E-state index contributed by atoms with van der Waals surface area (Å²) in [5.41, 5.74) is 0. The summed E-state index contributed by atoms with van der Waals surface area (Å²) in [5, 5.41) is 3.47. The van der Waals surface area contributed by atoms with Crippen LogP contribution in [0.2, 0.25) is 0 Å². The van der Waals surface area contributed by atoms with Crippen molar-refractivity contribution >= 4 is 5.91 Å². The molecule has 3 heteroatoms. The molecule has 1 aliphatic rings. The third-order valence-corrected chi connectivity index (χ3v) is 2.86. The van der Waals surface area contributed by atoms with Crippen LogP contribution in [0.4, 0.5) is 0 Å². The number of rotatable bonds is 3. The first kappa shape index (κ1) is 11.5. The highest BCUT2D eigenvalue weighted by Gasteiger charge is 2.19. The number of piperidine rings is 1. The third kappa shape index (κ3) is 3.29. The highest BCUT2D eigenvalue weighted by molar-refractivity contribution is 5.73. The first-order valence-corrected chi connectivity index (χ1v) is 5.62. The van der Waals surface area contributed by atoms with E-state index in [9.17, 15) is 4.79 Å². The van der Waals surface area contributed by atoms with Crippen LogP contribution in [0.15, 0.2) is 0 Å². The molecule has 14 heavy (non-hydrogen) atoms. The van der Waals surface area contributed by atoms with Crippen molar-refractivity contribution in [3.05, 3.63) is 0 Å². The van der Waals surface area contributed by atoms with Gasteiger partial charge in [-0.25, -0.2) is 0 Å². The lowest BCUT2D eigenvalue weighted by Gasteiger charge is -2.32. The first-order valence-electron chi connectivity index (χ1n) is 5.62. The number of amides is 1. The van der Waals surface area contributed by atoms with E-state index in [1.54, 1.807) is 6.92 Å². The molecule has 0 spiro atoms. The fraction of sp³-hybridized carbons (Fsp3) is 0.909. The van der Waals surface area contributed by atoms with Gasteiger partial charge < -0.3 is 10.2 Å². The van der Waals surface area contributed by atoms with Crippen LogP contribution in [0.25, 0.3) is 0 Å². The summed E-state index contributed by atoms with van der Waals surface area (Å²) in [4.78, 5) is 13.3. The Morgan fingerprint density at radius 1 is 1.50 bits per heavy atom. The predicted molar refractivity (Wildman–Crippen MR) is 58.2 cm³/mol. The van der Waals surface area contributed by atoms with E-state index in [1.807, 2.05) is 4.90 Å². The molecule has 1 aliphatic heterocycles. The van der Waals surface area contributed by atoms with Crippen molar-refractivity contribution in [1.29, 1.82) is 0 Å². The Hall–Kier alpha value is -0.570. The van der Waals surface area contributed by atoms with Gasteiger partial charge in [-0.3, -0.25) is 4.79 Å². The molecule has 3 nitrogen and oxygen atoms in total. The number of carbonyl (C=O) groups is 1. The maximum Gasteiger partial charge on any atom is 0.219 e. The number of nitrogens with one attached hydrogen (secondary N) is 1. The van der Waals surface area contributed by atoms with Crippen LogP contribution < -0.4 is 5.32 Å². The molecular weight excluding hydrogens is 176 g/mol. The Balaban J connectivity index is 2.41. The van der Waals surface area contributed by atoms with Gasteiger partial charge in [-0.1, -0.05) is 6.42 Å². The summed E-state index contributed by atoms with van der Waals surface area (Å²) < 4.78 is 0. The average molecular weight is 198 g/mol. The zero-order chi connectivity index (χ0) is 10.6. The van der Waals surface area contributed by atoms with Gasteiger partial charge in [0.2, 0.25) is 5.91 Å². The van der Waals surface area contributed by atoms with Crippen molar-refractivity contribution < 1.29 is 4.79 Å². The van der Waals surface area contributed by atoms with Crippen molar-refractivity contribution in [2.24, 2.45) is 0 Å². The SMILES string of the molecule is CC(=O)N(C[C@@H]1CCCCN1)C(C)C. The van der Waals surface area contributed by atoms with Crippen molar-refractivity contribution in [3.63, 3.8) is 0 Å². The largest absolute Gasteiger partial charge is 0.339 e. The molecule has 1 atom stereocenters. The van der Waals surface area contributed by atoms with Crippen LogP contribution in [-0.4, -0.2) is 36.0 Å². The second-order valence-corrected chi connectivity index (χ2v) is 4.41. The number of hydrogen-bond donors (Lipinski definition) is 1. The van der Waals surface area contributed by atoms with Gasteiger partial charge >= 0.3 is 0 Å². The lowest BCUT2D eigenvalue weighted by molar-refractivity contribution is -0.130. The molecule has 0 unspecified atom stereocenters. The lowest BCUT2D eigenvalue weighted by Crippen LogP contribution is -2.47. The standard InChI is InChI=1S/C11H22N2O/c1-9(2)13(10(3)14)8-11-6-4-5-7-12-11/h9,11-12H,4-8H2,1-3H3/t11-/m0/s1. The second-order valence-electron chi connectivity index (χ2n) is 4.41. The first-order chi connectivity index (χ1) is 6.61. The molecule has 0 aromatic heterocycles. The summed E-state index contributed by atoms with van der Waals surface area (Å²) in [6, 6.07) is 0.825. The molecule has 0 radical (unpaired) electrons. The molecule has 0 bridgehead atoms.